The fourth-order valence-corrected chi connectivity index (χ4v) is 2.90. The number of nitrogens with zero attached hydrogens (tertiary/aromatic N) is 2. The van der Waals surface area contributed by atoms with Gasteiger partial charge in [0.2, 0.25) is 15.9 Å². The third-order valence-corrected chi connectivity index (χ3v) is 4.87. The molecule has 0 N–H and O–H groups in total. The topological polar surface area (TPSA) is 57.7 Å². The molecule has 0 spiro atoms. The fraction of sp³-hybridized carbons (Fsp3) is 0.462. The zero-order valence-electron chi connectivity index (χ0n) is 12.1. The van der Waals surface area contributed by atoms with Gasteiger partial charge in [0.05, 0.1) is 11.4 Å². The minimum atomic E-state index is -4.04. The van der Waals surface area contributed by atoms with Crippen molar-refractivity contribution < 1.29 is 22.0 Å². The Kier molecular flexibility index (Phi) is 5.79. The summed E-state index contributed by atoms with van der Waals surface area (Å²) >= 11 is 0. The monoisotopic (exact) mass is 320 g/mol. The second-order valence-corrected chi connectivity index (χ2v) is 6.45. The summed E-state index contributed by atoms with van der Waals surface area (Å²) < 4.78 is 51.2. The number of hydrogen-bond donors (Lipinski definition) is 0. The molecule has 0 aliphatic rings. The highest BCUT2D eigenvalue weighted by atomic mass is 32.2. The summed E-state index contributed by atoms with van der Waals surface area (Å²) in [6.07, 6.45) is 0. The number of carbonyl (C=O) groups is 1. The SMILES string of the molecule is CCN(CC)C(=O)CN(C)S(=O)(=O)c1ccc(F)c(F)c1. The van der Waals surface area contributed by atoms with Gasteiger partial charge in [0, 0.05) is 20.1 Å². The van der Waals surface area contributed by atoms with Crippen molar-refractivity contribution in [2.75, 3.05) is 26.7 Å². The average Bonchev–Trinajstić information content (AvgIpc) is 2.42. The van der Waals surface area contributed by atoms with Gasteiger partial charge < -0.3 is 4.90 Å². The van der Waals surface area contributed by atoms with E-state index in [0.29, 0.717) is 19.2 Å². The Morgan fingerprint density at radius 1 is 1.14 bits per heavy atom. The van der Waals surface area contributed by atoms with Gasteiger partial charge in [0.15, 0.2) is 11.6 Å². The van der Waals surface area contributed by atoms with Crippen LogP contribution in [-0.4, -0.2) is 50.2 Å². The molecule has 0 radical (unpaired) electrons. The molecule has 0 unspecified atom stereocenters. The molecule has 1 rings (SSSR count). The van der Waals surface area contributed by atoms with Crippen LogP contribution in [0, 0.1) is 11.6 Å². The van der Waals surface area contributed by atoms with Gasteiger partial charge in [-0.2, -0.15) is 4.31 Å². The summed E-state index contributed by atoms with van der Waals surface area (Å²) in [5, 5.41) is 0. The van der Waals surface area contributed by atoms with Gasteiger partial charge in [-0.15, -0.1) is 0 Å². The Morgan fingerprint density at radius 3 is 2.19 bits per heavy atom. The maximum Gasteiger partial charge on any atom is 0.243 e. The second-order valence-electron chi connectivity index (χ2n) is 4.40. The number of sulfonamides is 1. The van der Waals surface area contributed by atoms with Crippen molar-refractivity contribution in [3.63, 3.8) is 0 Å². The van der Waals surface area contributed by atoms with Crippen LogP contribution in [0.1, 0.15) is 13.8 Å². The molecule has 8 heteroatoms. The summed E-state index contributed by atoms with van der Waals surface area (Å²) in [6, 6.07) is 2.30. The average molecular weight is 320 g/mol. The minimum Gasteiger partial charge on any atom is -0.342 e. The summed E-state index contributed by atoms with van der Waals surface area (Å²) in [5.74, 6) is -2.73. The molecule has 0 atom stereocenters. The summed E-state index contributed by atoms with van der Waals surface area (Å²) in [6.45, 7) is 4.14. The highest BCUT2D eigenvalue weighted by Gasteiger charge is 2.25. The lowest BCUT2D eigenvalue weighted by Crippen LogP contribution is -2.41. The molecule has 0 aliphatic heterocycles. The molecular formula is C13H18F2N2O3S. The van der Waals surface area contributed by atoms with E-state index >= 15 is 0 Å². The van der Waals surface area contributed by atoms with Crippen LogP contribution in [-0.2, 0) is 14.8 Å². The predicted octanol–water partition coefficient (Wildman–Crippen LogP) is 1.45. The number of benzene rings is 1. The van der Waals surface area contributed by atoms with Crippen molar-refractivity contribution in [3.8, 4) is 0 Å². The van der Waals surface area contributed by atoms with Crippen LogP contribution >= 0.6 is 0 Å². The van der Waals surface area contributed by atoms with Crippen LogP contribution in [0.2, 0.25) is 0 Å². The van der Waals surface area contributed by atoms with Crippen molar-refractivity contribution >= 4 is 15.9 Å². The van der Waals surface area contributed by atoms with Gasteiger partial charge >= 0.3 is 0 Å². The molecule has 0 saturated carbocycles. The quantitative estimate of drug-likeness (QED) is 0.797. The molecule has 0 heterocycles. The first-order valence-electron chi connectivity index (χ1n) is 6.43. The smallest absolute Gasteiger partial charge is 0.243 e. The molecule has 1 aromatic rings. The van der Waals surface area contributed by atoms with Gasteiger partial charge in [-0.1, -0.05) is 0 Å². The number of carbonyl (C=O) groups excluding carboxylic acids is 1. The zero-order valence-corrected chi connectivity index (χ0v) is 13.0. The second kappa shape index (κ2) is 6.95. The number of hydrogen-bond acceptors (Lipinski definition) is 3. The Balaban J connectivity index is 2.96. The lowest BCUT2D eigenvalue weighted by atomic mass is 10.3. The Bertz CT molecular complexity index is 616. The molecule has 21 heavy (non-hydrogen) atoms. The maximum absolute atomic E-state index is 13.1. The van der Waals surface area contributed by atoms with Crippen LogP contribution < -0.4 is 0 Å². The summed E-state index contributed by atoms with van der Waals surface area (Å²) in [7, 11) is -2.82. The first kappa shape index (κ1) is 17.5. The zero-order chi connectivity index (χ0) is 16.2. The third-order valence-electron chi connectivity index (χ3n) is 3.07. The predicted molar refractivity (Wildman–Crippen MR) is 74.1 cm³/mol. The standard InChI is InChI=1S/C13H18F2N2O3S/c1-4-17(5-2)13(18)9-16(3)21(19,20)10-6-7-11(14)12(15)8-10/h6-8H,4-5,9H2,1-3H3. The van der Waals surface area contributed by atoms with E-state index in [1.54, 1.807) is 13.8 Å². The molecule has 118 valence electrons. The van der Waals surface area contributed by atoms with Crippen LogP contribution in [0.4, 0.5) is 8.78 Å². The van der Waals surface area contributed by atoms with Crippen molar-refractivity contribution in [2.45, 2.75) is 18.7 Å². The van der Waals surface area contributed by atoms with E-state index in [0.717, 1.165) is 16.4 Å². The molecule has 0 aliphatic carbocycles. The molecule has 0 saturated heterocycles. The van der Waals surface area contributed by atoms with Crippen LogP contribution in [0.25, 0.3) is 0 Å². The minimum absolute atomic E-state index is 0.353. The first-order chi connectivity index (χ1) is 9.73. The molecule has 5 nitrogen and oxygen atoms in total. The van der Waals surface area contributed by atoms with Gasteiger partial charge in [-0.05, 0) is 32.0 Å². The lowest BCUT2D eigenvalue weighted by molar-refractivity contribution is -0.130. The van der Waals surface area contributed by atoms with Crippen LogP contribution in [0.15, 0.2) is 23.1 Å². The number of likely N-dealkylation sites (N-methyl/N-ethyl adjacent to an activating group) is 2. The molecule has 1 aromatic carbocycles. The van der Waals surface area contributed by atoms with Gasteiger partial charge in [0.25, 0.3) is 0 Å². The van der Waals surface area contributed by atoms with E-state index in [1.807, 2.05) is 0 Å². The molecule has 0 fully saturated rings. The van der Waals surface area contributed by atoms with Gasteiger partial charge in [-0.3, -0.25) is 4.79 Å². The van der Waals surface area contributed by atoms with E-state index in [-0.39, 0.29) is 12.5 Å². The van der Waals surface area contributed by atoms with Crippen LogP contribution in [0.5, 0.6) is 0 Å². The lowest BCUT2D eigenvalue weighted by Gasteiger charge is -2.23. The van der Waals surface area contributed by atoms with Crippen molar-refractivity contribution in [1.82, 2.24) is 9.21 Å². The molecule has 1 amide bonds. The summed E-state index contributed by atoms with van der Waals surface area (Å²) in [5.41, 5.74) is 0. The normalized spacial score (nSPS) is 11.7. The largest absolute Gasteiger partial charge is 0.342 e. The van der Waals surface area contributed by atoms with E-state index < -0.39 is 26.6 Å². The third kappa shape index (κ3) is 3.98. The number of amides is 1. The summed E-state index contributed by atoms with van der Waals surface area (Å²) in [4.78, 5) is 13.0. The Hall–Kier alpha value is -1.54. The number of rotatable bonds is 6. The highest BCUT2D eigenvalue weighted by Crippen LogP contribution is 2.17. The Morgan fingerprint density at radius 2 is 1.71 bits per heavy atom. The van der Waals surface area contributed by atoms with E-state index in [9.17, 15) is 22.0 Å². The number of halogens is 2. The molecule has 0 bridgehead atoms. The first-order valence-corrected chi connectivity index (χ1v) is 7.87. The van der Waals surface area contributed by atoms with Crippen molar-refractivity contribution in [2.24, 2.45) is 0 Å². The van der Waals surface area contributed by atoms with Crippen LogP contribution in [0.3, 0.4) is 0 Å². The van der Waals surface area contributed by atoms with E-state index in [1.165, 1.54) is 11.9 Å². The van der Waals surface area contributed by atoms with E-state index in [4.69, 9.17) is 0 Å². The fourth-order valence-electron chi connectivity index (χ4n) is 1.77. The van der Waals surface area contributed by atoms with Gasteiger partial charge in [0.1, 0.15) is 0 Å². The van der Waals surface area contributed by atoms with E-state index in [2.05, 4.69) is 0 Å². The maximum atomic E-state index is 13.1. The molecular weight excluding hydrogens is 302 g/mol. The molecule has 0 aromatic heterocycles. The Labute approximate surface area is 123 Å². The van der Waals surface area contributed by atoms with Crippen molar-refractivity contribution in [1.29, 1.82) is 0 Å². The van der Waals surface area contributed by atoms with Crippen molar-refractivity contribution in [3.05, 3.63) is 29.8 Å². The van der Waals surface area contributed by atoms with Gasteiger partial charge in [-0.25, -0.2) is 17.2 Å². The highest BCUT2D eigenvalue weighted by molar-refractivity contribution is 7.89.